The van der Waals surface area contributed by atoms with E-state index in [4.69, 9.17) is 0 Å². The second kappa shape index (κ2) is 6.90. The van der Waals surface area contributed by atoms with E-state index in [2.05, 4.69) is 0 Å². The summed E-state index contributed by atoms with van der Waals surface area (Å²) in [5, 5.41) is 0. The zero-order valence-electron chi connectivity index (χ0n) is 14.8. The molecule has 0 aromatic carbocycles. The van der Waals surface area contributed by atoms with Crippen molar-refractivity contribution in [3.63, 3.8) is 0 Å². The third kappa shape index (κ3) is 3.29. The fraction of sp³-hybridized carbons (Fsp3) is 1.00. The van der Waals surface area contributed by atoms with Crippen LogP contribution in [0.1, 0.15) is 103 Å². The van der Waals surface area contributed by atoms with Crippen LogP contribution in [0, 0.1) is 11.3 Å². The summed E-state index contributed by atoms with van der Waals surface area (Å²) < 4.78 is 0. The van der Waals surface area contributed by atoms with Gasteiger partial charge in [-0.1, -0.05) is 88.6 Å². The van der Waals surface area contributed by atoms with E-state index in [0.29, 0.717) is 0 Å². The van der Waals surface area contributed by atoms with Crippen LogP contribution < -0.4 is 0 Å². The van der Waals surface area contributed by atoms with Gasteiger partial charge in [0, 0.05) is 0 Å². The Bertz CT molecular complexity index is 325. The highest BCUT2D eigenvalue weighted by atomic mass is 14.5. The molecular weight excluding hydrogens is 263 g/mol. The average molecular weight is 300 g/mol. The van der Waals surface area contributed by atoms with Gasteiger partial charge in [0.1, 0.15) is 6.71 Å². The molecular formula is C21H37B. The summed E-state index contributed by atoms with van der Waals surface area (Å²) in [6.45, 7) is 1.12. The molecule has 2 bridgehead atoms. The molecule has 4 aliphatic rings. The van der Waals surface area contributed by atoms with Crippen LogP contribution in [0.2, 0.25) is 18.0 Å². The van der Waals surface area contributed by atoms with Crippen molar-refractivity contribution in [3.8, 4) is 0 Å². The third-order valence-corrected chi connectivity index (χ3v) is 8.41. The lowest BCUT2D eigenvalue weighted by molar-refractivity contribution is 0.281. The van der Waals surface area contributed by atoms with Crippen LogP contribution in [0.5, 0.6) is 0 Å². The van der Waals surface area contributed by atoms with Gasteiger partial charge in [-0.15, -0.1) is 0 Å². The molecule has 0 radical (unpaired) electrons. The van der Waals surface area contributed by atoms with E-state index in [0.717, 1.165) is 29.7 Å². The third-order valence-electron chi connectivity index (χ3n) is 8.41. The molecule has 4 rings (SSSR count). The molecule has 0 heterocycles. The Morgan fingerprint density at radius 3 is 1.68 bits per heavy atom. The van der Waals surface area contributed by atoms with Crippen molar-refractivity contribution in [3.05, 3.63) is 0 Å². The molecule has 0 nitrogen and oxygen atoms in total. The van der Waals surface area contributed by atoms with E-state index in [-0.39, 0.29) is 0 Å². The lowest BCUT2D eigenvalue weighted by Gasteiger charge is -2.38. The van der Waals surface area contributed by atoms with Gasteiger partial charge in [-0.05, 0) is 43.4 Å². The lowest BCUT2D eigenvalue weighted by atomic mass is 9.28. The number of hydrogen-bond acceptors (Lipinski definition) is 0. The van der Waals surface area contributed by atoms with Crippen molar-refractivity contribution >= 4 is 6.71 Å². The molecule has 0 saturated heterocycles. The molecule has 0 atom stereocenters. The minimum Gasteiger partial charge on any atom is -0.0732 e. The summed E-state index contributed by atoms with van der Waals surface area (Å²) in [6.07, 6.45) is 26.7. The molecule has 4 aliphatic carbocycles. The maximum Gasteiger partial charge on any atom is 0.146 e. The maximum atomic E-state index is 1.62. The first-order valence-electron chi connectivity index (χ1n) is 10.8. The molecule has 4 fully saturated rings. The summed E-state index contributed by atoms with van der Waals surface area (Å²) in [4.78, 5) is 0. The van der Waals surface area contributed by atoms with Gasteiger partial charge in [-0.2, -0.15) is 0 Å². The highest BCUT2D eigenvalue weighted by Crippen LogP contribution is 2.57. The summed E-state index contributed by atoms with van der Waals surface area (Å²) >= 11 is 0. The number of fused-ring (bicyclic) bond motifs is 2. The Morgan fingerprint density at radius 1 is 0.682 bits per heavy atom. The first kappa shape index (κ1) is 15.6. The first-order chi connectivity index (χ1) is 10.8. The smallest absolute Gasteiger partial charge is 0.0732 e. The molecule has 124 valence electrons. The largest absolute Gasteiger partial charge is 0.146 e. The average Bonchev–Trinajstić information content (AvgIpc) is 3.18. The van der Waals surface area contributed by atoms with Crippen LogP contribution in [0.15, 0.2) is 0 Å². The second-order valence-electron chi connectivity index (χ2n) is 9.65. The fourth-order valence-corrected chi connectivity index (χ4v) is 7.12. The van der Waals surface area contributed by atoms with Crippen molar-refractivity contribution in [1.29, 1.82) is 0 Å². The van der Waals surface area contributed by atoms with Gasteiger partial charge in [0.25, 0.3) is 0 Å². The zero-order valence-corrected chi connectivity index (χ0v) is 14.8. The van der Waals surface area contributed by atoms with Crippen LogP contribution >= 0.6 is 0 Å². The van der Waals surface area contributed by atoms with E-state index in [9.17, 15) is 0 Å². The van der Waals surface area contributed by atoms with Crippen LogP contribution in [0.3, 0.4) is 0 Å². The Morgan fingerprint density at radius 2 is 1.23 bits per heavy atom. The van der Waals surface area contributed by atoms with E-state index in [1.54, 1.807) is 96.2 Å². The Kier molecular flexibility index (Phi) is 4.89. The molecule has 0 unspecified atom stereocenters. The second-order valence-corrected chi connectivity index (χ2v) is 9.65. The van der Waals surface area contributed by atoms with Gasteiger partial charge in [-0.25, -0.2) is 0 Å². The lowest BCUT2D eigenvalue weighted by Crippen LogP contribution is -2.31. The van der Waals surface area contributed by atoms with Crippen molar-refractivity contribution in [2.24, 2.45) is 11.3 Å². The predicted octanol–water partition coefficient (Wildman–Crippen LogP) is 7.12. The molecule has 0 amide bonds. The standard InChI is InChI=1S/C21H37B/c1-3-7-19(8-4-1)22(20-9-5-2-6-10-20)16-15-21-13-11-18(17-21)12-14-21/h18-20H,1-17H2. The van der Waals surface area contributed by atoms with Gasteiger partial charge in [0.05, 0.1) is 0 Å². The Hall–Kier alpha value is 0.0649. The minimum atomic E-state index is 0.840. The molecule has 0 aromatic heterocycles. The topological polar surface area (TPSA) is 0 Å². The monoisotopic (exact) mass is 300 g/mol. The van der Waals surface area contributed by atoms with Gasteiger partial charge in [0.2, 0.25) is 0 Å². The van der Waals surface area contributed by atoms with Gasteiger partial charge < -0.3 is 0 Å². The van der Waals surface area contributed by atoms with Crippen molar-refractivity contribution in [2.75, 3.05) is 0 Å². The SMILES string of the molecule is C1CCC(B(CCC23CCC(CC2)C3)C2CCCCC2)CC1. The minimum absolute atomic E-state index is 0.840. The molecule has 22 heavy (non-hydrogen) atoms. The van der Waals surface area contributed by atoms with Gasteiger partial charge in [-0.3, -0.25) is 0 Å². The van der Waals surface area contributed by atoms with Crippen LogP contribution in [0.4, 0.5) is 0 Å². The molecule has 4 saturated carbocycles. The van der Waals surface area contributed by atoms with Crippen molar-refractivity contribution in [1.82, 2.24) is 0 Å². The molecule has 0 spiro atoms. The van der Waals surface area contributed by atoms with Crippen LogP contribution in [0.25, 0.3) is 0 Å². The summed E-state index contributed by atoms with van der Waals surface area (Å²) in [7, 11) is 0. The Balaban J connectivity index is 1.39. The summed E-state index contributed by atoms with van der Waals surface area (Å²) in [6, 6.07) is 0. The molecule has 0 N–H and O–H groups in total. The maximum absolute atomic E-state index is 1.62. The highest BCUT2D eigenvalue weighted by molar-refractivity contribution is 6.62. The highest BCUT2D eigenvalue weighted by Gasteiger charge is 2.45. The fourth-order valence-electron chi connectivity index (χ4n) is 7.12. The summed E-state index contributed by atoms with van der Waals surface area (Å²) in [5.74, 6) is 3.38. The predicted molar refractivity (Wildman–Crippen MR) is 97.9 cm³/mol. The zero-order chi connectivity index (χ0) is 14.8. The quantitative estimate of drug-likeness (QED) is 0.474. The van der Waals surface area contributed by atoms with Crippen LogP contribution in [-0.4, -0.2) is 6.71 Å². The first-order valence-corrected chi connectivity index (χ1v) is 10.8. The molecule has 1 heteroatoms. The van der Waals surface area contributed by atoms with E-state index in [1.165, 1.54) is 12.8 Å². The van der Waals surface area contributed by atoms with Crippen molar-refractivity contribution < 1.29 is 0 Å². The van der Waals surface area contributed by atoms with Gasteiger partial charge >= 0.3 is 0 Å². The summed E-state index contributed by atoms with van der Waals surface area (Å²) in [5.41, 5.74) is 0.840. The van der Waals surface area contributed by atoms with E-state index < -0.39 is 0 Å². The molecule has 0 aromatic rings. The molecule has 0 aliphatic heterocycles. The van der Waals surface area contributed by atoms with Crippen LogP contribution in [-0.2, 0) is 0 Å². The number of rotatable bonds is 5. The Labute approximate surface area is 139 Å². The number of hydrogen-bond donors (Lipinski definition) is 0. The van der Waals surface area contributed by atoms with E-state index in [1.807, 2.05) is 0 Å². The van der Waals surface area contributed by atoms with Gasteiger partial charge in [0.15, 0.2) is 0 Å². The van der Waals surface area contributed by atoms with E-state index >= 15 is 0 Å². The van der Waals surface area contributed by atoms with Crippen molar-refractivity contribution in [2.45, 2.75) is 121 Å². The normalized spacial score (nSPS) is 36.8.